The predicted molar refractivity (Wildman–Crippen MR) is 92.0 cm³/mol. The largest absolute Gasteiger partial charge is 0.316 e. The second-order valence-corrected chi connectivity index (χ2v) is 7.44. The summed E-state index contributed by atoms with van der Waals surface area (Å²) >= 11 is 0. The quantitative estimate of drug-likeness (QED) is 0.542. The van der Waals surface area contributed by atoms with Crippen LogP contribution in [0.3, 0.4) is 0 Å². The van der Waals surface area contributed by atoms with E-state index in [1.54, 1.807) is 13.8 Å². The van der Waals surface area contributed by atoms with E-state index >= 15 is 0 Å². The molecule has 0 radical (unpaired) electrons. The maximum atomic E-state index is 13.3. The van der Waals surface area contributed by atoms with E-state index in [1.807, 2.05) is 0 Å². The minimum atomic E-state index is -3.84. The number of H-pyrrole nitrogens is 2. The molecule has 11 heteroatoms. The molecule has 0 aliphatic carbocycles. The van der Waals surface area contributed by atoms with Crippen molar-refractivity contribution in [1.82, 2.24) is 24.5 Å². The van der Waals surface area contributed by atoms with Gasteiger partial charge in [-0.3, -0.25) is 14.7 Å². The predicted octanol–water partition coefficient (Wildman–Crippen LogP) is 0.147. The lowest BCUT2D eigenvalue weighted by atomic mass is 10.3. The highest BCUT2D eigenvalue weighted by molar-refractivity contribution is 7.89. The van der Waals surface area contributed by atoms with Crippen molar-refractivity contribution in [2.24, 2.45) is 0 Å². The van der Waals surface area contributed by atoms with Crippen LogP contribution in [-0.2, 0) is 16.6 Å². The average molecular weight is 381 g/mol. The Morgan fingerprint density at radius 3 is 2.65 bits per heavy atom. The maximum Gasteiger partial charge on any atom is 0.316 e. The van der Waals surface area contributed by atoms with Gasteiger partial charge in [0.25, 0.3) is 0 Å². The van der Waals surface area contributed by atoms with Crippen molar-refractivity contribution in [2.45, 2.75) is 25.3 Å². The van der Waals surface area contributed by atoms with Crippen LogP contribution in [0.4, 0.5) is 4.39 Å². The molecule has 2 aromatic heterocycles. The molecule has 26 heavy (non-hydrogen) atoms. The van der Waals surface area contributed by atoms with Gasteiger partial charge in [-0.05, 0) is 32.0 Å². The van der Waals surface area contributed by atoms with Crippen molar-refractivity contribution in [3.05, 3.63) is 56.1 Å². The number of hydrogen-bond donors (Lipinski definition) is 3. The molecule has 0 aliphatic heterocycles. The summed E-state index contributed by atoms with van der Waals surface area (Å²) < 4.78 is 41.6. The van der Waals surface area contributed by atoms with E-state index < -0.39 is 27.0 Å². The zero-order chi connectivity index (χ0) is 19.1. The fourth-order valence-electron chi connectivity index (χ4n) is 2.77. The zero-order valence-corrected chi connectivity index (χ0v) is 14.8. The number of nitrogens with one attached hydrogen (secondary N) is 3. The molecular weight excluding hydrogens is 365 g/mol. The first-order chi connectivity index (χ1) is 12.2. The molecule has 0 amide bonds. The first-order valence-corrected chi connectivity index (χ1v) is 9.12. The molecule has 2 heterocycles. The third-order valence-corrected chi connectivity index (χ3v) is 5.62. The van der Waals surface area contributed by atoms with Gasteiger partial charge in [0.05, 0.1) is 22.4 Å². The van der Waals surface area contributed by atoms with Crippen molar-refractivity contribution in [2.75, 3.05) is 6.54 Å². The average Bonchev–Trinajstić information content (AvgIpc) is 2.90. The number of rotatable bonds is 5. The van der Waals surface area contributed by atoms with Gasteiger partial charge in [0, 0.05) is 13.1 Å². The molecule has 0 atom stereocenters. The van der Waals surface area contributed by atoms with Crippen LogP contribution in [0.15, 0.2) is 32.7 Å². The van der Waals surface area contributed by atoms with Crippen LogP contribution in [-0.4, -0.2) is 34.7 Å². The number of aryl methyl sites for hydroxylation is 2. The second-order valence-electron chi connectivity index (χ2n) is 5.73. The van der Waals surface area contributed by atoms with Gasteiger partial charge in [0.1, 0.15) is 10.7 Å². The summed E-state index contributed by atoms with van der Waals surface area (Å²) in [6, 6.07) is 3.59. The van der Waals surface area contributed by atoms with Crippen molar-refractivity contribution in [1.29, 1.82) is 0 Å². The lowest BCUT2D eigenvalue weighted by Crippen LogP contribution is -2.39. The Morgan fingerprint density at radius 2 is 2.00 bits per heavy atom. The molecular formula is C15H16FN5O4S. The maximum absolute atomic E-state index is 13.3. The Kier molecular flexibility index (Phi) is 4.50. The van der Waals surface area contributed by atoms with Crippen LogP contribution < -0.4 is 15.8 Å². The van der Waals surface area contributed by atoms with Crippen molar-refractivity contribution in [3.8, 4) is 0 Å². The van der Waals surface area contributed by atoms with E-state index in [0.717, 1.165) is 16.7 Å². The highest BCUT2D eigenvalue weighted by Crippen LogP contribution is 2.16. The molecule has 0 fully saturated rings. The Bertz CT molecular complexity index is 1190. The van der Waals surface area contributed by atoms with Crippen LogP contribution in [0.25, 0.3) is 11.0 Å². The summed E-state index contributed by atoms with van der Waals surface area (Å²) in [5.41, 5.74) is -0.593. The van der Waals surface area contributed by atoms with Gasteiger partial charge >= 0.3 is 11.1 Å². The smallest absolute Gasteiger partial charge is 0.316 e. The zero-order valence-electron chi connectivity index (χ0n) is 14.0. The van der Waals surface area contributed by atoms with E-state index in [1.165, 1.54) is 6.07 Å². The molecule has 0 saturated heterocycles. The van der Waals surface area contributed by atoms with Gasteiger partial charge in [-0.2, -0.15) is 5.10 Å². The molecule has 3 rings (SSSR count). The van der Waals surface area contributed by atoms with E-state index in [4.69, 9.17) is 0 Å². The Morgan fingerprint density at radius 1 is 1.27 bits per heavy atom. The molecule has 138 valence electrons. The first kappa shape index (κ1) is 18.0. The minimum Gasteiger partial charge on any atom is -0.316 e. The van der Waals surface area contributed by atoms with Crippen molar-refractivity contribution in [3.63, 3.8) is 0 Å². The van der Waals surface area contributed by atoms with E-state index in [9.17, 15) is 22.4 Å². The summed E-state index contributed by atoms with van der Waals surface area (Å²) in [7, 11) is -3.84. The lowest BCUT2D eigenvalue weighted by Gasteiger charge is -2.11. The van der Waals surface area contributed by atoms with E-state index in [0.29, 0.717) is 16.9 Å². The summed E-state index contributed by atoms with van der Waals surface area (Å²) in [4.78, 5) is 26.2. The molecule has 0 saturated carbocycles. The third kappa shape index (κ3) is 3.18. The second kappa shape index (κ2) is 6.50. The summed E-state index contributed by atoms with van der Waals surface area (Å²) in [6.07, 6.45) is 0. The van der Waals surface area contributed by atoms with Crippen molar-refractivity contribution < 1.29 is 12.8 Å². The van der Waals surface area contributed by atoms with Crippen LogP contribution in [0.1, 0.15) is 11.4 Å². The monoisotopic (exact) mass is 381 g/mol. The van der Waals surface area contributed by atoms with Gasteiger partial charge < -0.3 is 9.55 Å². The van der Waals surface area contributed by atoms with Crippen LogP contribution in [0.5, 0.6) is 0 Å². The van der Waals surface area contributed by atoms with Gasteiger partial charge in [0.15, 0.2) is 0 Å². The summed E-state index contributed by atoms with van der Waals surface area (Å²) in [5, 5.41) is 6.44. The number of aromatic amines is 2. The number of hydrogen-bond acceptors (Lipinski definition) is 5. The van der Waals surface area contributed by atoms with E-state index in [2.05, 4.69) is 19.9 Å². The van der Waals surface area contributed by atoms with Crippen LogP contribution in [0, 0.1) is 19.7 Å². The lowest BCUT2D eigenvalue weighted by molar-refractivity contribution is 0.571. The summed E-state index contributed by atoms with van der Waals surface area (Å²) in [5.74, 6) is -0.565. The Labute approximate surface area is 146 Å². The molecule has 1 aromatic carbocycles. The third-order valence-electron chi connectivity index (χ3n) is 3.89. The van der Waals surface area contributed by atoms with Gasteiger partial charge in [0.2, 0.25) is 10.0 Å². The molecule has 0 unspecified atom stereocenters. The van der Waals surface area contributed by atoms with Gasteiger partial charge in [-0.25, -0.2) is 17.5 Å². The Balaban J connectivity index is 1.90. The number of nitrogens with zero attached hydrogens (tertiary/aromatic N) is 2. The van der Waals surface area contributed by atoms with E-state index in [-0.39, 0.29) is 23.5 Å². The van der Waals surface area contributed by atoms with Crippen LogP contribution in [0.2, 0.25) is 0 Å². The number of aromatic nitrogens is 4. The minimum absolute atomic E-state index is 0.0442. The van der Waals surface area contributed by atoms with Crippen molar-refractivity contribution >= 4 is 21.1 Å². The summed E-state index contributed by atoms with van der Waals surface area (Å²) in [6.45, 7) is 2.90. The molecule has 0 bridgehead atoms. The molecule has 0 aliphatic rings. The molecule has 3 aromatic rings. The number of sulfonamides is 1. The van der Waals surface area contributed by atoms with Gasteiger partial charge in [-0.15, -0.1) is 0 Å². The fraction of sp³-hybridized carbons (Fsp3) is 0.267. The normalized spacial score (nSPS) is 12.0. The number of halogens is 1. The Hall–Kier alpha value is -2.79. The standard InChI is InChI=1S/C15H16FN5O4S/c1-8-13(9(2)20-19-8)26(24,25)17-5-6-21-12-4-3-10(16)7-11(12)18-14(22)15(21)23/h3-4,7,17H,5-6H2,1-2H3,(H,18,22)(H,19,20). The topological polar surface area (TPSA) is 130 Å². The molecule has 9 nitrogen and oxygen atoms in total. The number of fused-ring (bicyclic) bond motifs is 1. The number of benzene rings is 1. The highest BCUT2D eigenvalue weighted by Gasteiger charge is 2.21. The SMILES string of the molecule is Cc1n[nH]c(C)c1S(=O)(=O)NCCn1c(=O)c(=O)[nH]c2cc(F)ccc21. The highest BCUT2D eigenvalue weighted by atomic mass is 32.2. The molecule has 0 spiro atoms. The fourth-order valence-corrected chi connectivity index (χ4v) is 4.16. The van der Waals surface area contributed by atoms with Crippen LogP contribution >= 0.6 is 0 Å². The first-order valence-electron chi connectivity index (χ1n) is 7.64. The van der Waals surface area contributed by atoms with Gasteiger partial charge in [-0.1, -0.05) is 0 Å². The molecule has 3 N–H and O–H groups in total.